The fourth-order valence-electron chi connectivity index (χ4n) is 2.07. The lowest BCUT2D eigenvalue weighted by Gasteiger charge is -2.13. The quantitative estimate of drug-likeness (QED) is 0.592. The number of carbonyl (C=O) groups is 3. The second-order valence-corrected chi connectivity index (χ2v) is 5.47. The summed E-state index contributed by atoms with van der Waals surface area (Å²) in [7, 11) is 1.58. The van der Waals surface area contributed by atoms with E-state index in [4.69, 9.17) is 9.47 Å². The highest BCUT2D eigenvalue weighted by Crippen LogP contribution is 2.11. The summed E-state index contributed by atoms with van der Waals surface area (Å²) < 4.78 is 10.2. The van der Waals surface area contributed by atoms with Gasteiger partial charge in [-0.3, -0.25) is 9.59 Å². The lowest BCUT2D eigenvalue weighted by Crippen LogP contribution is -2.35. The first-order valence-electron chi connectivity index (χ1n) is 7.71. The van der Waals surface area contributed by atoms with E-state index >= 15 is 0 Å². The number of methoxy groups -OCH3 is 1. The van der Waals surface area contributed by atoms with Crippen LogP contribution in [0.5, 0.6) is 5.75 Å². The van der Waals surface area contributed by atoms with Crippen LogP contribution in [-0.4, -0.2) is 35.9 Å². The lowest BCUT2D eigenvalue weighted by molar-refractivity contribution is -0.129. The molecule has 0 spiro atoms. The Morgan fingerprint density at radius 3 is 2.44 bits per heavy atom. The van der Waals surface area contributed by atoms with E-state index in [0.717, 1.165) is 11.3 Å². The fourth-order valence-corrected chi connectivity index (χ4v) is 2.07. The van der Waals surface area contributed by atoms with E-state index < -0.39 is 18.0 Å². The zero-order chi connectivity index (χ0) is 18.4. The number of H-pyrrole nitrogens is 1. The largest absolute Gasteiger partial charge is 0.497 e. The van der Waals surface area contributed by atoms with Crippen LogP contribution in [0.15, 0.2) is 36.5 Å². The highest BCUT2D eigenvalue weighted by Gasteiger charge is 2.20. The summed E-state index contributed by atoms with van der Waals surface area (Å²) in [4.78, 5) is 37.9. The lowest BCUT2D eigenvalue weighted by atomic mass is 10.2. The number of esters is 1. The smallest absolute Gasteiger partial charge is 0.355 e. The van der Waals surface area contributed by atoms with E-state index in [1.807, 2.05) is 12.1 Å². The Kier molecular flexibility index (Phi) is 5.94. The van der Waals surface area contributed by atoms with E-state index in [2.05, 4.69) is 10.3 Å². The molecule has 1 amide bonds. The summed E-state index contributed by atoms with van der Waals surface area (Å²) in [5.41, 5.74) is 1.40. The van der Waals surface area contributed by atoms with Crippen molar-refractivity contribution >= 4 is 17.7 Å². The molecular weight excluding hydrogens is 324 g/mol. The molecule has 1 aromatic carbocycles. The first kappa shape index (κ1) is 18.3. The van der Waals surface area contributed by atoms with Crippen molar-refractivity contribution in [2.45, 2.75) is 26.5 Å². The minimum Gasteiger partial charge on any atom is -0.497 e. The van der Waals surface area contributed by atoms with Crippen molar-refractivity contribution in [1.29, 1.82) is 0 Å². The molecule has 0 unspecified atom stereocenters. The van der Waals surface area contributed by atoms with Gasteiger partial charge in [-0.15, -0.1) is 0 Å². The second-order valence-electron chi connectivity index (χ2n) is 5.47. The van der Waals surface area contributed by atoms with Crippen LogP contribution in [0.3, 0.4) is 0 Å². The van der Waals surface area contributed by atoms with Crippen LogP contribution in [0.1, 0.15) is 40.3 Å². The van der Waals surface area contributed by atoms with Gasteiger partial charge in [0.05, 0.1) is 7.11 Å². The minimum atomic E-state index is -0.963. The van der Waals surface area contributed by atoms with E-state index in [1.54, 1.807) is 19.2 Å². The molecular formula is C18H20N2O5. The van der Waals surface area contributed by atoms with Crippen molar-refractivity contribution in [2.24, 2.45) is 0 Å². The number of aromatic amines is 1. The van der Waals surface area contributed by atoms with Crippen LogP contribution in [-0.2, 0) is 16.1 Å². The van der Waals surface area contributed by atoms with Gasteiger partial charge in [0, 0.05) is 18.3 Å². The molecule has 0 fully saturated rings. The molecule has 1 heterocycles. The number of aromatic nitrogens is 1. The van der Waals surface area contributed by atoms with E-state index in [9.17, 15) is 14.4 Å². The standard InChI is InChI=1S/C18H20N2O5/c1-11(21)14-8-16(19-10-14)18(23)25-12(2)17(22)20-9-13-4-6-15(24-3)7-5-13/h4-8,10,12,19H,9H2,1-3H3,(H,20,22)/t12-/m0/s1. The Morgan fingerprint density at radius 2 is 1.88 bits per heavy atom. The van der Waals surface area contributed by atoms with Crippen molar-refractivity contribution < 1.29 is 23.9 Å². The Bertz CT molecular complexity index is 764. The zero-order valence-corrected chi connectivity index (χ0v) is 14.3. The van der Waals surface area contributed by atoms with Crippen LogP contribution in [0.4, 0.5) is 0 Å². The molecule has 1 atom stereocenters. The maximum Gasteiger partial charge on any atom is 0.355 e. The number of benzene rings is 1. The number of carbonyl (C=O) groups excluding carboxylic acids is 3. The predicted molar refractivity (Wildman–Crippen MR) is 90.5 cm³/mol. The number of nitrogens with one attached hydrogen (secondary N) is 2. The molecule has 0 aliphatic heterocycles. The van der Waals surface area contributed by atoms with Crippen molar-refractivity contribution in [2.75, 3.05) is 7.11 Å². The van der Waals surface area contributed by atoms with Gasteiger partial charge in [0.2, 0.25) is 0 Å². The van der Waals surface area contributed by atoms with Gasteiger partial charge < -0.3 is 19.8 Å². The summed E-state index contributed by atoms with van der Waals surface area (Å²) in [6, 6.07) is 8.65. The number of amides is 1. The summed E-state index contributed by atoms with van der Waals surface area (Å²) in [5.74, 6) is -0.545. The van der Waals surface area contributed by atoms with Gasteiger partial charge in [-0.25, -0.2) is 4.79 Å². The number of ether oxygens (including phenoxy) is 2. The van der Waals surface area contributed by atoms with Gasteiger partial charge in [-0.05, 0) is 37.6 Å². The summed E-state index contributed by atoms with van der Waals surface area (Å²) in [6.45, 7) is 3.19. The van der Waals surface area contributed by atoms with E-state index in [0.29, 0.717) is 12.1 Å². The maximum absolute atomic E-state index is 12.0. The molecule has 7 nitrogen and oxygen atoms in total. The van der Waals surface area contributed by atoms with Crippen molar-refractivity contribution in [1.82, 2.24) is 10.3 Å². The first-order chi connectivity index (χ1) is 11.9. The van der Waals surface area contributed by atoms with Crippen molar-refractivity contribution in [3.05, 3.63) is 53.3 Å². The number of Topliss-reactive ketones (excluding diaryl/α,β-unsaturated/α-hetero) is 1. The molecule has 0 bridgehead atoms. The third kappa shape index (κ3) is 4.94. The third-order valence-corrected chi connectivity index (χ3v) is 3.59. The highest BCUT2D eigenvalue weighted by molar-refractivity contribution is 5.98. The SMILES string of the molecule is COc1ccc(CNC(=O)[C@H](C)OC(=O)c2cc(C(C)=O)c[nH]2)cc1. The Labute approximate surface area is 145 Å². The van der Waals surface area contributed by atoms with Gasteiger partial charge >= 0.3 is 5.97 Å². The molecule has 7 heteroatoms. The first-order valence-corrected chi connectivity index (χ1v) is 7.71. The van der Waals surface area contributed by atoms with Crippen LogP contribution in [0.2, 0.25) is 0 Å². The predicted octanol–water partition coefficient (Wildman–Crippen LogP) is 2.09. The zero-order valence-electron chi connectivity index (χ0n) is 14.3. The molecule has 2 aromatic rings. The van der Waals surface area contributed by atoms with Crippen LogP contribution in [0.25, 0.3) is 0 Å². The van der Waals surface area contributed by atoms with Gasteiger partial charge in [0.1, 0.15) is 11.4 Å². The fraction of sp³-hybridized carbons (Fsp3) is 0.278. The van der Waals surface area contributed by atoms with Crippen LogP contribution >= 0.6 is 0 Å². The van der Waals surface area contributed by atoms with Gasteiger partial charge in [0.15, 0.2) is 11.9 Å². The molecule has 2 rings (SSSR count). The van der Waals surface area contributed by atoms with Crippen molar-refractivity contribution in [3.8, 4) is 5.75 Å². The van der Waals surface area contributed by atoms with Gasteiger partial charge in [0.25, 0.3) is 5.91 Å². The maximum atomic E-state index is 12.0. The van der Waals surface area contributed by atoms with Crippen LogP contribution < -0.4 is 10.1 Å². The number of rotatable bonds is 7. The summed E-state index contributed by atoms with van der Waals surface area (Å²) in [6.07, 6.45) is 0.461. The Balaban J connectivity index is 1.86. The Hall–Kier alpha value is -3.09. The molecule has 0 aliphatic carbocycles. The summed E-state index contributed by atoms with van der Waals surface area (Å²) in [5, 5.41) is 2.70. The second kappa shape index (κ2) is 8.14. The number of hydrogen-bond donors (Lipinski definition) is 2. The van der Waals surface area contributed by atoms with Crippen LogP contribution in [0, 0.1) is 0 Å². The number of ketones is 1. The van der Waals surface area contributed by atoms with Gasteiger partial charge in [-0.1, -0.05) is 12.1 Å². The monoisotopic (exact) mass is 344 g/mol. The molecule has 0 radical (unpaired) electrons. The Morgan fingerprint density at radius 1 is 1.20 bits per heavy atom. The molecule has 25 heavy (non-hydrogen) atoms. The molecule has 0 saturated heterocycles. The molecule has 1 aromatic heterocycles. The molecule has 132 valence electrons. The average molecular weight is 344 g/mol. The number of hydrogen-bond acceptors (Lipinski definition) is 5. The average Bonchev–Trinajstić information content (AvgIpc) is 3.10. The molecule has 0 aliphatic rings. The molecule has 0 saturated carbocycles. The normalized spacial score (nSPS) is 11.5. The van der Waals surface area contributed by atoms with E-state index in [1.165, 1.54) is 26.1 Å². The van der Waals surface area contributed by atoms with Gasteiger partial charge in [-0.2, -0.15) is 0 Å². The molecule has 2 N–H and O–H groups in total. The minimum absolute atomic E-state index is 0.125. The topological polar surface area (TPSA) is 97.5 Å². The third-order valence-electron chi connectivity index (χ3n) is 3.59. The highest BCUT2D eigenvalue weighted by atomic mass is 16.5. The van der Waals surface area contributed by atoms with E-state index in [-0.39, 0.29) is 11.5 Å². The summed E-state index contributed by atoms with van der Waals surface area (Å²) >= 11 is 0. The van der Waals surface area contributed by atoms with Crippen molar-refractivity contribution in [3.63, 3.8) is 0 Å².